The number of rotatable bonds is 6. The molecule has 0 aromatic heterocycles. The molecule has 3 aromatic carbocycles. The lowest BCUT2D eigenvalue weighted by Crippen LogP contribution is -2.66. The van der Waals surface area contributed by atoms with Crippen molar-refractivity contribution in [2.75, 3.05) is 6.61 Å². The molecule has 2 nitrogen and oxygen atoms in total. The molecule has 0 aliphatic rings. The Morgan fingerprint density at radius 1 is 0.839 bits per heavy atom. The van der Waals surface area contributed by atoms with Crippen LogP contribution < -0.4 is 10.4 Å². The summed E-state index contributed by atoms with van der Waals surface area (Å²) < 4.78 is 19.2. The summed E-state index contributed by atoms with van der Waals surface area (Å²) in [4.78, 5) is 0.742. The van der Waals surface area contributed by atoms with Gasteiger partial charge in [0, 0.05) is 18.3 Å². The van der Waals surface area contributed by atoms with Gasteiger partial charge in [-0.15, -0.1) is 0 Å². The molecule has 0 fully saturated rings. The number of hydrogen-bond donors (Lipinski definition) is 0. The fraction of sp³-hybridized carbons (Fsp3) is 0.259. The van der Waals surface area contributed by atoms with E-state index in [-0.39, 0.29) is 5.04 Å². The number of aryl methyl sites for hydroxylation is 1. The first kappa shape index (κ1) is 23.2. The Hall–Kier alpha value is -2.45. The summed E-state index contributed by atoms with van der Waals surface area (Å²) in [7, 11) is -3.85. The fourth-order valence-electron chi connectivity index (χ4n) is 3.85. The van der Waals surface area contributed by atoms with Crippen LogP contribution in [0.25, 0.3) is 0 Å². The van der Waals surface area contributed by atoms with Gasteiger partial charge >= 0.3 is 0 Å². The van der Waals surface area contributed by atoms with Gasteiger partial charge in [0.1, 0.15) is 10.8 Å². The highest BCUT2D eigenvalue weighted by Crippen LogP contribution is 2.36. The molecule has 160 valence electrons. The van der Waals surface area contributed by atoms with Crippen LogP contribution in [0.4, 0.5) is 0 Å². The fourth-order valence-corrected chi connectivity index (χ4v) is 9.15. The van der Waals surface area contributed by atoms with E-state index in [0.29, 0.717) is 13.0 Å². The zero-order valence-corrected chi connectivity index (χ0v) is 20.5. The van der Waals surface area contributed by atoms with Crippen LogP contribution in [0.5, 0.6) is 0 Å². The van der Waals surface area contributed by atoms with E-state index in [1.165, 1.54) is 10.4 Å². The maximum Gasteiger partial charge on any atom is 0.261 e. The van der Waals surface area contributed by atoms with Crippen LogP contribution in [0.2, 0.25) is 5.04 Å². The number of hydrogen-bond acceptors (Lipinski definition) is 2. The van der Waals surface area contributed by atoms with Crippen molar-refractivity contribution < 1.29 is 8.63 Å². The molecule has 1 atom stereocenters. The van der Waals surface area contributed by atoms with E-state index >= 15 is 0 Å². The molecule has 0 aliphatic heterocycles. The minimum Gasteiger partial charge on any atom is -0.406 e. The standard InChI is InChI=1S/C27H30O2SSi/c1-23-17-19-24(20-18-23)30(28)22-12-11-21-29-31(27(2,3)4,25-13-7-5-8-14-25)26-15-9-6-10-16-26/h5-10,13-20H,11,21H2,1-4H3/t30-/m1/s1. The molecule has 0 amide bonds. The van der Waals surface area contributed by atoms with Gasteiger partial charge in [-0.2, -0.15) is 0 Å². The first-order valence-electron chi connectivity index (χ1n) is 10.6. The molecular formula is C27H30O2SSi. The summed E-state index contributed by atoms with van der Waals surface area (Å²) in [6.45, 7) is 9.30. The van der Waals surface area contributed by atoms with Gasteiger partial charge in [0.25, 0.3) is 8.32 Å². The summed E-state index contributed by atoms with van der Waals surface area (Å²) in [6, 6.07) is 28.8. The second-order valence-corrected chi connectivity index (χ2v) is 14.1. The van der Waals surface area contributed by atoms with Crippen LogP contribution >= 0.6 is 0 Å². The SMILES string of the molecule is Cc1ccc([S@](=O)C#CCCO[Si](c2ccccc2)(c2ccccc2)C(C)(C)C)cc1. The van der Waals surface area contributed by atoms with E-state index in [2.05, 4.69) is 80.5 Å². The van der Waals surface area contributed by atoms with E-state index in [1.54, 1.807) is 0 Å². The minimum absolute atomic E-state index is 0.0617. The van der Waals surface area contributed by atoms with Gasteiger partial charge in [0.15, 0.2) is 0 Å². The quantitative estimate of drug-likeness (QED) is 0.302. The molecule has 0 radical (unpaired) electrons. The summed E-state index contributed by atoms with van der Waals surface area (Å²) in [5.41, 5.74) is 1.15. The normalized spacial score (nSPS) is 12.6. The highest BCUT2D eigenvalue weighted by Gasteiger charge is 2.49. The third kappa shape index (κ3) is 5.43. The average molecular weight is 447 g/mol. The highest BCUT2D eigenvalue weighted by molar-refractivity contribution is 7.89. The van der Waals surface area contributed by atoms with Crippen LogP contribution in [-0.2, 0) is 15.2 Å². The Morgan fingerprint density at radius 2 is 1.35 bits per heavy atom. The molecule has 0 bridgehead atoms. The second-order valence-electron chi connectivity index (χ2n) is 8.62. The molecule has 0 heterocycles. The monoisotopic (exact) mass is 446 g/mol. The van der Waals surface area contributed by atoms with Crippen molar-refractivity contribution in [1.29, 1.82) is 0 Å². The third-order valence-corrected chi connectivity index (χ3v) is 11.4. The molecule has 4 heteroatoms. The number of benzene rings is 3. The third-order valence-electron chi connectivity index (χ3n) is 5.36. The smallest absolute Gasteiger partial charge is 0.261 e. The maximum atomic E-state index is 12.4. The van der Waals surface area contributed by atoms with Crippen molar-refractivity contribution in [3.63, 3.8) is 0 Å². The lowest BCUT2D eigenvalue weighted by molar-refractivity contribution is 0.306. The molecular weight excluding hydrogens is 416 g/mol. The van der Waals surface area contributed by atoms with Crippen molar-refractivity contribution in [3.05, 3.63) is 90.5 Å². The predicted molar refractivity (Wildman–Crippen MR) is 134 cm³/mol. The largest absolute Gasteiger partial charge is 0.406 e. The van der Waals surface area contributed by atoms with Gasteiger partial charge in [0.2, 0.25) is 0 Å². The lowest BCUT2D eigenvalue weighted by Gasteiger charge is -2.43. The zero-order chi connectivity index (χ0) is 22.3. The molecule has 0 unspecified atom stereocenters. The molecule has 3 aromatic rings. The van der Waals surface area contributed by atoms with E-state index in [0.717, 1.165) is 10.5 Å². The molecule has 0 saturated heterocycles. The van der Waals surface area contributed by atoms with E-state index in [4.69, 9.17) is 4.43 Å². The van der Waals surface area contributed by atoms with Gasteiger partial charge in [-0.3, -0.25) is 0 Å². The van der Waals surface area contributed by atoms with Crippen LogP contribution in [0.3, 0.4) is 0 Å². The van der Waals surface area contributed by atoms with Crippen molar-refractivity contribution in [3.8, 4) is 11.2 Å². The van der Waals surface area contributed by atoms with Crippen LogP contribution in [0.1, 0.15) is 32.8 Å². The first-order valence-corrected chi connectivity index (χ1v) is 13.6. The summed E-state index contributed by atoms with van der Waals surface area (Å²) in [5.74, 6) is 3.07. The first-order chi connectivity index (χ1) is 14.8. The van der Waals surface area contributed by atoms with Crippen LogP contribution in [0, 0.1) is 18.1 Å². The lowest BCUT2D eigenvalue weighted by atomic mass is 10.2. The van der Waals surface area contributed by atoms with Gasteiger partial charge in [-0.25, -0.2) is 4.21 Å². The Morgan fingerprint density at radius 3 is 1.84 bits per heavy atom. The van der Waals surface area contributed by atoms with Crippen LogP contribution in [0.15, 0.2) is 89.8 Å². The Labute approximate surface area is 190 Å². The second kappa shape index (κ2) is 10.2. The average Bonchev–Trinajstić information content (AvgIpc) is 2.77. The van der Waals surface area contributed by atoms with E-state index in [9.17, 15) is 4.21 Å². The predicted octanol–water partition coefficient (Wildman–Crippen LogP) is 5.03. The molecule has 3 rings (SSSR count). The minimum atomic E-state index is -2.54. The Kier molecular flexibility index (Phi) is 7.67. The summed E-state index contributed by atoms with van der Waals surface area (Å²) in [6.07, 6.45) is 0.544. The molecule has 31 heavy (non-hydrogen) atoms. The van der Waals surface area contributed by atoms with Crippen molar-refractivity contribution in [2.24, 2.45) is 0 Å². The Balaban J connectivity index is 1.82. The van der Waals surface area contributed by atoms with Gasteiger partial charge < -0.3 is 4.43 Å². The topological polar surface area (TPSA) is 26.3 Å². The summed E-state index contributed by atoms with van der Waals surface area (Å²) >= 11 is 0. The van der Waals surface area contributed by atoms with E-state index in [1.807, 2.05) is 43.3 Å². The van der Waals surface area contributed by atoms with Crippen molar-refractivity contribution >= 4 is 29.5 Å². The molecule has 0 spiro atoms. The van der Waals surface area contributed by atoms with Gasteiger partial charge in [0.05, 0.1) is 4.90 Å². The van der Waals surface area contributed by atoms with Gasteiger partial charge in [-0.05, 0) is 34.5 Å². The molecule has 0 N–H and O–H groups in total. The van der Waals surface area contributed by atoms with Crippen molar-refractivity contribution in [1.82, 2.24) is 0 Å². The van der Waals surface area contributed by atoms with Gasteiger partial charge in [-0.1, -0.05) is 105 Å². The van der Waals surface area contributed by atoms with E-state index < -0.39 is 19.1 Å². The van der Waals surface area contributed by atoms with Crippen molar-refractivity contribution in [2.45, 2.75) is 44.0 Å². The molecule has 0 aliphatic carbocycles. The zero-order valence-electron chi connectivity index (χ0n) is 18.7. The van der Waals surface area contributed by atoms with Crippen LogP contribution in [-0.4, -0.2) is 19.1 Å². The highest BCUT2D eigenvalue weighted by atomic mass is 32.2. The summed E-state index contributed by atoms with van der Waals surface area (Å²) in [5, 5.41) is 5.33. The Bertz CT molecular complexity index is 1020. The maximum absolute atomic E-state index is 12.4. The molecule has 0 saturated carbocycles.